The SMILES string of the molecule is CN=C(NCC(c1ccc(C)o1)N1CCOCC1)N1CCS(=O)(=O)C(C)(C)C1. The Labute approximate surface area is 167 Å². The van der Waals surface area contributed by atoms with Crippen molar-refractivity contribution in [2.45, 2.75) is 31.6 Å². The molecule has 1 N–H and O–H groups in total. The van der Waals surface area contributed by atoms with E-state index in [-0.39, 0.29) is 11.8 Å². The van der Waals surface area contributed by atoms with Crippen LogP contribution >= 0.6 is 0 Å². The second-order valence-electron chi connectivity index (χ2n) is 8.04. The first-order valence-corrected chi connectivity index (χ1v) is 11.4. The van der Waals surface area contributed by atoms with Crippen molar-refractivity contribution in [1.29, 1.82) is 0 Å². The summed E-state index contributed by atoms with van der Waals surface area (Å²) in [6.07, 6.45) is 0. The summed E-state index contributed by atoms with van der Waals surface area (Å²) < 4.78 is 35.2. The van der Waals surface area contributed by atoms with Gasteiger partial charge in [0.15, 0.2) is 15.8 Å². The number of nitrogens with one attached hydrogen (secondary N) is 1. The standard InChI is InChI=1S/C19H32N4O4S/c1-15-5-6-17(27-15)16(22-7-10-26-11-8-22)13-21-18(20-4)23-9-12-28(24,25)19(2,3)14-23/h5-6,16H,7-14H2,1-4H3,(H,20,21). The lowest BCUT2D eigenvalue weighted by atomic mass is 10.1. The van der Waals surface area contributed by atoms with Crippen molar-refractivity contribution in [2.24, 2.45) is 4.99 Å². The molecule has 0 aromatic carbocycles. The van der Waals surface area contributed by atoms with Crippen LogP contribution in [0.3, 0.4) is 0 Å². The number of ether oxygens (including phenoxy) is 1. The van der Waals surface area contributed by atoms with Crippen LogP contribution in [0, 0.1) is 6.92 Å². The number of furan rings is 1. The maximum Gasteiger partial charge on any atom is 0.193 e. The fourth-order valence-electron chi connectivity index (χ4n) is 3.78. The zero-order valence-corrected chi connectivity index (χ0v) is 18.1. The zero-order valence-electron chi connectivity index (χ0n) is 17.3. The number of hydrogen-bond donors (Lipinski definition) is 1. The monoisotopic (exact) mass is 412 g/mol. The van der Waals surface area contributed by atoms with Crippen LogP contribution in [0.15, 0.2) is 21.5 Å². The van der Waals surface area contributed by atoms with Gasteiger partial charge in [-0.2, -0.15) is 0 Å². The normalized spacial score (nSPS) is 24.1. The first-order valence-electron chi connectivity index (χ1n) is 9.79. The number of rotatable bonds is 4. The van der Waals surface area contributed by atoms with Crippen molar-refractivity contribution in [3.8, 4) is 0 Å². The van der Waals surface area contributed by atoms with E-state index in [2.05, 4.69) is 15.2 Å². The van der Waals surface area contributed by atoms with Crippen LogP contribution in [-0.4, -0.2) is 87.7 Å². The second kappa shape index (κ2) is 8.42. The number of sulfone groups is 1. The van der Waals surface area contributed by atoms with Crippen molar-refractivity contribution in [3.05, 3.63) is 23.7 Å². The minimum atomic E-state index is -3.09. The van der Waals surface area contributed by atoms with Gasteiger partial charge in [0.25, 0.3) is 0 Å². The molecule has 2 aliphatic heterocycles. The summed E-state index contributed by atoms with van der Waals surface area (Å²) in [5, 5.41) is 3.45. The lowest BCUT2D eigenvalue weighted by Crippen LogP contribution is -2.58. The largest absolute Gasteiger partial charge is 0.465 e. The number of aliphatic imine (C=N–C) groups is 1. The molecule has 0 radical (unpaired) electrons. The number of aryl methyl sites for hydroxylation is 1. The van der Waals surface area contributed by atoms with Crippen molar-refractivity contribution in [1.82, 2.24) is 15.1 Å². The van der Waals surface area contributed by atoms with Gasteiger partial charge in [0.2, 0.25) is 0 Å². The molecule has 2 aliphatic rings. The van der Waals surface area contributed by atoms with Crippen LogP contribution in [0.5, 0.6) is 0 Å². The Hall–Kier alpha value is -1.58. The van der Waals surface area contributed by atoms with E-state index in [1.807, 2.05) is 24.0 Å². The number of morpholine rings is 1. The van der Waals surface area contributed by atoms with Crippen molar-refractivity contribution in [2.75, 3.05) is 58.7 Å². The van der Waals surface area contributed by atoms with E-state index >= 15 is 0 Å². The van der Waals surface area contributed by atoms with Gasteiger partial charge in [-0.05, 0) is 32.9 Å². The van der Waals surface area contributed by atoms with E-state index < -0.39 is 14.6 Å². The lowest BCUT2D eigenvalue weighted by molar-refractivity contribution is 0.0123. The first kappa shape index (κ1) is 21.1. The summed E-state index contributed by atoms with van der Waals surface area (Å²) in [5.74, 6) is 2.68. The average molecular weight is 413 g/mol. The highest BCUT2D eigenvalue weighted by atomic mass is 32.2. The molecule has 0 saturated carbocycles. The molecule has 158 valence electrons. The molecule has 1 aromatic rings. The van der Waals surface area contributed by atoms with E-state index in [0.717, 1.165) is 30.6 Å². The van der Waals surface area contributed by atoms with E-state index in [1.165, 1.54) is 0 Å². The molecule has 0 aliphatic carbocycles. The summed E-state index contributed by atoms with van der Waals surface area (Å²) in [6, 6.07) is 4.07. The number of hydrogen-bond acceptors (Lipinski definition) is 6. The summed E-state index contributed by atoms with van der Waals surface area (Å²) >= 11 is 0. The van der Waals surface area contributed by atoms with Crippen LogP contribution < -0.4 is 5.32 Å². The summed E-state index contributed by atoms with van der Waals surface area (Å²) in [7, 11) is -1.35. The molecule has 0 bridgehead atoms. The zero-order chi connectivity index (χ0) is 20.4. The molecule has 28 heavy (non-hydrogen) atoms. The molecular formula is C19H32N4O4S. The van der Waals surface area contributed by atoms with E-state index in [0.29, 0.717) is 32.8 Å². The minimum absolute atomic E-state index is 0.0656. The first-order chi connectivity index (χ1) is 13.2. The van der Waals surface area contributed by atoms with Crippen molar-refractivity contribution in [3.63, 3.8) is 0 Å². The molecule has 2 fully saturated rings. The van der Waals surface area contributed by atoms with Crippen molar-refractivity contribution >= 4 is 15.8 Å². The molecule has 0 amide bonds. The average Bonchev–Trinajstić information content (AvgIpc) is 3.08. The Morgan fingerprint density at radius 2 is 2.00 bits per heavy atom. The van der Waals surface area contributed by atoms with Gasteiger partial charge < -0.3 is 19.4 Å². The Morgan fingerprint density at radius 3 is 2.57 bits per heavy atom. The highest BCUT2D eigenvalue weighted by molar-refractivity contribution is 7.92. The summed E-state index contributed by atoms with van der Waals surface area (Å²) in [6.45, 7) is 10.1. The Bertz CT molecular complexity index is 797. The van der Waals surface area contributed by atoms with Gasteiger partial charge in [-0.3, -0.25) is 9.89 Å². The quantitative estimate of drug-likeness (QED) is 0.584. The molecule has 3 heterocycles. The fraction of sp³-hybridized carbons (Fsp3) is 0.737. The van der Waals surface area contributed by atoms with Gasteiger partial charge in [-0.15, -0.1) is 0 Å². The Kier molecular flexibility index (Phi) is 6.36. The third-order valence-electron chi connectivity index (χ3n) is 5.58. The van der Waals surface area contributed by atoms with E-state index in [9.17, 15) is 8.42 Å². The Balaban J connectivity index is 1.71. The third kappa shape index (κ3) is 4.52. The van der Waals surface area contributed by atoms with Crippen molar-refractivity contribution < 1.29 is 17.6 Å². The smallest absolute Gasteiger partial charge is 0.193 e. The maximum absolute atomic E-state index is 12.3. The number of nitrogens with zero attached hydrogens (tertiary/aromatic N) is 3. The minimum Gasteiger partial charge on any atom is -0.465 e. The topological polar surface area (TPSA) is 87.4 Å². The van der Waals surface area contributed by atoms with Gasteiger partial charge >= 0.3 is 0 Å². The molecule has 2 saturated heterocycles. The van der Waals surface area contributed by atoms with E-state index in [4.69, 9.17) is 9.15 Å². The van der Waals surface area contributed by atoms with Gasteiger partial charge in [0.1, 0.15) is 11.5 Å². The van der Waals surface area contributed by atoms with Gasteiger partial charge in [-0.1, -0.05) is 0 Å². The van der Waals surface area contributed by atoms with Gasteiger partial charge in [0, 0.05) is 39.8 Å². The maximum atomic E-state index is 12.3. The summed E-state index contributed by atoms with van der Waals surface area (Å²) in [5.41, 5.74) is 0. The highest BCUT2D eigenvalue weighted by Gasteiger charge is 2.41. The highest BCUT2D eigenvalue weighted by Crippen LogP contribution is 2.25. The van der Waals surface area contributed by atoms with Gasteiger partial charge in [0.05, 0.1) is 29.8 Å². The number of guanidine groups is 1. The second-order valence-corrected chi connectivity index (χ2v) is 10.8. The van der Waals surface area contributed by atoms with Gasteiger partial charge in [-0.25, -0.2) is 8.42 Å². The molecule has 9 heteroatoms. The molecule has 1 atom stereocenters. The lowest BCUT2D eigenvalue weighted by Gasteiger charge is -2.40. The fourth-order valence-corrected chi connectivity index (χ4v) is 5.14. The molecular weight excluding hydrogens is 380 g/mol. The molecule has 0 spiro atoms. The predicted molar refractivity (Wildman–Crippen MR) is 109 cm³/mol. The van der Waals surface area contributed by atoms with Crippen LogP contribution in [0.1, 0.15) is 31.4 Å². The van der Waals surface area contributed by atoms with Crippen LogP contribution in [-0.2, 0) is 14.6 Å². The summed E-state index contributed by atoms with van der Waals surface area (Å²) in [4.78, 5) is 8.79. The van der Waals surface area contributed by atoms with Crippen LogP contribution in [0.2, 0.25) is 0 Å². The molecule has 3 rings (SSSR count). The van der Waals surface area contributed by atoms with E-state index in [1.54, 1.807) is 20.9 Å². The van der Waals surface area contributed by atoms with Crippen LogP contribution in [0.4, 0.5) is 0 Å². The van der Waals surface area contributed by atoms with Crippen LogP contribution in [0.25, 0.3) is 0 Å². The Morgan fingerprint density at radius 1 is 1.29 bits per heavy atom. The molecule has 1 unspecified atom stereocenters. The molecule has 1 aromatic heterocycles. The third-order valence-corrected chi connectivity index (χ3v) is 8.12. The molecule has 8 nitrogen and oxygen atoms in total. The predicted octanol–water partition coefficient (Wildman–Crippen LogP) is 1.05.